The number of para-hydroxylation sites is 2. The van der Waals surface area contributed by atoms with Crippen LogP contribution in [-0.2, 0) is 6.18 Å². The number of anilines is 1. The molecule has 2 aromatic heterocycles. The Labute approximate surface area is 205 Å². The number of halogens is 3. The molecule has 4 aromatic rings. The number of hydrogen-bond acceptors (Lipinski definition) is 3. The topological polar surface area (TPSA) is 42.3 Å². The van der Waals surface area contributed by atoms with Gasteiger partial charge in [-0.15, -0.1) is 0 Å². The number of alkyl halides is 3. The summed E-state index contributed by atoms with van der Waals surface area (Å²) >= 11 is 5.76. The molecule has 0 aliphatic carbocycles. The Balaban J connectivity index is 1.68. The zero-order chi connectivity index (χ0) is 24.6. The molecule has 1 saturated heterocycles. The van der Waals surface area contributed by atoms with Gasteiger partial charge in [-0.25, -0.2) is 0 Å². The molecule has 0 bridgehead atoms. The normalized spacial score (nSPS) is 17.9. The van der Waals surface area contributed by atoms with Gasteiger partial charge in [-0.05, 0) is 66.8 Å². The predicted molar refractivity (Wildman–Crippen MR) is 132 cm³/mol. The summed E-state index contributed by atoms with van der Waals surface area (Å²) in [5.74, 6) is 0.625. The first-order chi connectivity index (χ1) is 16.9. The molecule has 0 radical (unpaired) electrons. The fourth-order valence-corrected chi connectivity index (χ4v) is 4.78. The Kier molecular flexibility index (Phi) is 5.94. The third-order valence-electron chi connectivity index (χ3n) is 5.98. The van der Waals surface area contributed by atoms with Crippen molar-refractivity contribution in [2.75, 3.05) is 12.0 Å². The first-order valence-electron chi connectivity index (χ1n) is 10.9. The third-order valence-corrected chi connectivity index (χ3v) is 6.29. The molecule has 5 nitrogen and oxygen atoms in total. The summed E-state index contributed by atoms with van der Waals surface area (Å²) in [7, 11) is 1.59. The molecule has 2 unspecified atom stereocenters. The van der Waals surface area contributed by atoms with Gasteiger partial charge in [-0.3, -0.25) is 4.98 Å². The highest BCUT2D eigenvalue weighted by atomic mass is 32.1. The standard InChI is InChI=1S/C26H21F3N4OS/c1-34-22-13-3-2-11-20(22)33-24(23(31-25(33)35)19-10-4-5-14-30-19)21-12-7-15-32(21)18-9-6-8-17(16-18)26(27,28)29/h2-16,23-24H,1H3,(H,31,35). The summed E-state index contributed by atoms with van der Waals surface area (Å²) in [5, 5.41) is 3.83. The van der Waals surface area contributed by atoms with Gasteiger partial charge in [-0.1, -0.05) is 24.3 Å². The number of aromatic nitrogens is 2. The maximum Gasteiger partial charge on any atom is 0.416 e. The van der Waals surface area contributed by atoms with Gasteiger partial charge in [0.1, 0.15) is 11.8 Å². The highest BCUT2D eigenvalue weighted by Crippen LogP contribution is 2.45. The average molecular weight is 495 g/mol. The smallest absolute Gasteiger partial charge is 0.416 e. The second kappa shape index (κ2) is 9.07. The van der Waals surface area contributed by atoms with Gasteiger partial charge >= 0.3 is 6.18 Å². The quantitative estimate of drug-likeness (QED) is 0.341. The number of rotatable bonds is 5. The van der Waals surface area contributed by atoms with Crippen molar-refractivity contribution in [3.05, 3.63) is 108 Å². The van der Waals surface area contributed by atoms with E-state index in [-0.39, 0.29) is 6.04 Å². The summed E-state index contributed by atoms with van der Waals surface area (Å²) in [6.45, 7) is 0. The van der Waals surface area contributed by atoms with E-state index < -0.39 is 17.8 Å². The molecule has 1 aliphatic heterocycles. The molecular weight excluding hydrogens is 473 g/mol. The van der Waals surface area contributed by atoms with E-state index in [1.165, 1.54) is 6.07 Å². The highest BCUT2D eigenvalue weighted by molar-refractivity contribution is 7.80. The van der Waals surface area contributed by atoms with Gasteiger partial charge in [-0.2, -0.15) is 13.2 Å². The van der Waals surface area contributed by atoms with Crippen LogP contribution in [0, 0.1) is 0 Å². The molecular formula is C26H21F3N4OS. The lowest BCUT2D eigenvalue weighted by atomic mass is 10.0. The molecule has 1 N–H and O–H groups in total. The molecule has 2 atom stereocenters. The largest absolute Gasteiger partial charge is 0.495 e. The fraction of sp³-hybridized carbons (Fsp3) is 0.154. The van der Waals surface area contributed by atoms with E-state index in [2.05, 4.69) is 10.3 Å². The van der Waals surface area contributed by atoms with Crippen LogP contribution in [0.2, 0.25) is 0 Å². The monoisotopic (exact) mass is 494 g/mol. The fourth-order valence-electron chi connectivity index (χ4n) is 4.45. The maximum atomic E-state index is 13.4. The number of ether oxygens (including phenoxy) is 1. The molecule has 178 valence electrons. The van der Waals surface area contributed by atoms with E-state index in [9.17, 15) is 13.2 Å². The molecule has 5 rings (SSSR count). The summed E-state index contributed by atoms with van der Waals surface area (Å²) in [6, 6.07) is 21.3. The van der Waals surface area contributed by atoms with E-state index in [0.29, 0.717) is 16.5 Å². The maximum absolute atomic E-state index is 13.4. The van der Waals surface area contributed by atoms with Crippen molar-refractivity contribution in [3.8, 4) is 11.4 Å². The first-order valence-corrected chi connectivity index (χ1v) is 11.3. The number of hydrogen-bond donors (Lipinski definition) is 1. The van der Waals surface area contributed by atoms with Crippen LogP contribution in [0.15, 0.2) is 91.3 Å². The van der Waals surface area contributed by atoms with Crippen molar-refractivity contribution < 1.29 is 17.9 Å². The SMILES string of the molecule is COc1ccccc1N1C(=S)NC(c2ccccn2)C1c1cccn1-c1cccc(C(F)(F)F)c1. The number of nitrogens with one attached hydrogen (secondary N) is 1. The molecule has 0 spiro atoms. The van der Waals surface area contributed by atoms with Crippen LogP contribution in [0.3, 0.4) is 0 Å². The third kappa shape index (κ3) is 4.23. The number of thiocarbonyl (C=S) groups is 1. The summed E-state index contributed by atoms with van der Waals surface area (Å²) in [4.78, 5) is 6.47. The molecule has 35 heavy (non-hydrogen) atoms. The van der Waals surface area contributed by atoms with Crippen molar-refractivity contribution in [2.24, 2.45) is 0 Å². The zero-order valence-corrected chi connectivity index (χ0v) is 19.4. The van der Waals surface area contributed by atoms with Crippen molar-refractivity contribution in [1.82, 2.24) is 14.9 Å². The first kappa shape index (κ1) is 22.9. The van der Waals surface area contributed by atoms with E-state index in [0.717, 1.165) is 29.2 Å². The second-order valence-electron chi connectivity index (χ2n) is 8.02. The van der Waals surface area contributed by atoms with Crippen LogP contribution < -0.4 is 15.0 Å². The predicted octanol–water partition coefficient (Wildman–Crippen LogP) is 6.08. The Morgan fingerprint density at radius 1 is 0.971 bits per heavy atom. The molecule has 2 aromatic carbocycles. The van der Waals surface area contributed by atoms with Gasteiger partial charge in [0.15, 0.2) is 5.11 Å². The number of methoxy groups -OCH3 is 1. The summed E-state index contributed by atoms with van der Waals surface area (Å²) < 4.78 is 47.7. The van der Waals surface area contributed by atoms with Crippen molar-refractivity contribution in [2.45, 2.75) is 18.3 Å². The minimum atomic E-state index is -4.44. The van der Waals surface area contributed by atoms with Crippen molar-refractivity contribution in [3.63, 3.8) is 0 Å². The molecule has 9 heteroatoms. The Morgan fingerprint density at radius 3 is 2.51 bits per heavy atom. The average Bonchev–Trinajstić information content (AvgIpc) is 3.48. The van der Waals surface area contributed by atoms with Crippen LogP contribution in [-0.4, -0.2) is 21.8 Å². The Morgan fingerprint density at radius 2 is 1.77 bits per heavy atom. The van der Waals surface area contributed by atoms with Crippen LogP contribution >= 0.6 is 12.2 Å². The highest BCUT2D eigenvalue weighted by Gasteiger charge is 2.43. The van der Waals surface area contributed by atoms with Gasteiger partial charge in [0.25, 0.3) is 0 Å². The van der Waals surface area contributed by atoms with Gasteiger partial charge in [0, 0.05) is 23.8 Å². The van der Waals surface area contributed by atoms with Gasteiger partial charge < -0.3 is 19.5 Å². The lowest BCUT2D eigenvalue weighted by Gasteiger charge is -2.30. The van der Waals surface area contributed by atoms with E-state index in [1.54, 1.807) is 30.1 Å². The summed E-state index contributed by atoms with van der Waals surface area (Å²) in [5.41, 5.74) is 1.94. The van der Waals surface area contributed by atoms with Crippen LogP contribution in [0.5, 0.6) is 5.75 Å². The lowest BCUT2D eigenvalue weighted by Crippen LogP contribution is -2.30. The van der Waals surface area contributed by atoms with Crippen LogP contribution in [0.4, 0.5) is 18.9 Å². The minimum Gasteiger partial charge on any atom is -0.495 e. The molecule has 3 heterocycles. The molecule has 0 amide bonds. The molecule has 1 fully saturated rings. The number of pyridine rings is 1. The number of benzene rings is 2. The van der Waals surface area contributed by atoms with Crippen molar-refractivity contribution in [1.29, 1.82) is 0 Å². The second-order valence-corrected chi connectivity index (χ2v) is 8.41. The summed E-state index contributed by atoms with van der Waals surface area (Å²) in [6.07, 6.45) is -0.990. The molecule has 0 saturated carbocycles. The van der Waals surface area contributed by atoms with E-state index >= 15 is 0 Å². The Bertz CT molecular complexity index is 1360. The van der Waals surface area contributed by atoms with Crippen LogP contribution in [0.1, 0.15) is 29.0 Å². The van der Waals surface area contributed by atoms with E-state index in [1.807, 2.05) is 59.5 Å². The lowest BCUT2D eigenvalue weighted by molar-refractivity contribution is -0.137. The van der Waals surface area contributed by atoms with E-state index in [4.69, 9.17) is 17.0 Å². The molecule has 1 aliphatic rings. The van der Waals surface area contributed by atoms with Crippen molar-refractivity contribution >= 4 is 23.0 Å². The number of nitrogens with zero attached hydrogens (tertiary/aromatic N) is 3. The zero-order valence-electron chi connectivity index (χ0n) is 18.6. The van der Waals surface area contributed by atoms with Crippen LogP contribution in [0.25, 0.3) is 5.69 Å². The van der Waals surface area contributed by atoms with Gasteiger partial charge in [0.05, 0.1) is 30.1 Å². The van der Waals surface area contributed by atoms with Gasteiger partial charge in [0.2, 0.25) is 0 Å². The minimum absolute atomic E-state index is 0.354. The Hall–Kier alpha value is -3.85.